The predicted molar refractivity (Wildman–Crippen MR) is 224 cm³/mol. The van der Waals surface area contributed by atoms with Gasteiger partial charge in [0.25, 0.3) is 0 Å². The number of rotatable bonds is 41. The van der Waals surface area contributed by atoms with Crippen LogP contribution in [0, 0.1) is 0 Å². The van der Waals surface area contributed by atoms with Crippen molar-refractivity contribution in [3.63, 3.8) is 0 Å². The summed E-state index contributed by atoms with van der Waals surface area (Å²) in [7, 11) is 0. The highest BCUT2D eigenvalue weighted by Gasteiger charge is 2.19. The second-order valence-electron chi connectivity index (χ2n) is 15.3. The first-order valence-corrected chi connectivity index (χ1v) is 22.8. The van der Waals surface area contributed by atoms with E-state index in [1.54, 1.807) is 0 Å². The summed E-state index contributed by atoms with van der Waals surface area (Å²) in [5.41, 5.74) is 0. The van der Waals surface area contributed by atoms with Gasteiger partial charge in [-0.3, -0.25) is 14.4 Å². The minimum atomic E-state index is -0.771. The van der Waals surface area contributed by atoms with E-state index in [-0.39, 0.29) is 31.1 Å². The first-order valence-electron chi connectivity index (χ1n) is 22.8. The Labute approximate surface area is 328 Å². The molecule has 0 aromatic carbocycles. The highest BCUT2D eigenvalue weighted by molar-refractivity contribution is 5.71. The van der Waals surface area contributed by atoms with Gasteiger partial charge < -0.3 is 14.2 Å². The zero-order chi connectivity index (χ0) is 38.7. The van der Waals surface area contributed by atoms with Crippen LogP contribution in [0.25, 0.3) is 0 Å². The number of ether oxygens (including phenoxy) is 3. The molecule has 0 radical (unpaired) electrons. The van der Waals surface area contributed by atoms with Gasteiger partial charge in [-0.05, 0) is 64.2 Å². The molecule has 1 unspecified atom stereocenters. The van der Waals surface area contributed by atoms with Crippen molar-refractivity contribution in [2.45, 2.75) is 245 Å². The molecule has 0 heterocycles. The van der Waals surface area contributed by atoms with Gasteiger partial charge in [-0.25, -0.2) is 0 Å². The zero-order valence-corrected chi connectivity index (χ0v) is 35.3. The molecule has 0 aliphatic heterocycles. The Kier molecular flexibility index (Phi) is 40.9. The summed E-state index contributed by atoms with van der Waals surface area (Å²) in [6.07, 6.45) is 45.9. The van der Waals surface area contributed by atoms with Crippen molar-refractivity contribution in [1.82, 2.24) is 0 Å². The third kappa shape index (κ3) is 40.9. The number of carbonyl (C=O) groups is 3. The highest BCUT2D eigenvalue weighted by atomic mass is 16.6. The van der Waals surface area contributed by atoms with Gasteiger partial charge in [0, 0.05) is 19.3 Å². The Morgan fingerprint density at radius 2 is 0.660 bits per heavy atom. The molecule has 0 saturated carbocycles. The molecule has 0 aromatic rings. The largest absolute Gasteiger partial charge is 0.462 e. The maximum absolute atomic E-state index is 12.7. The van der Waals surface area contributed by atoms with Crippen molar-refractivity contribution < 1.29 is 28.6 Å². The van der Waals surface area contributed by atoms with Gasteiger partial charge in [0.05, 0.1) is 0 Å². The number of hydrogen-bond acceptors (Lipinski definition) is 6. The summed E-state index contributed by atoms with van der Waals surface area (Å²) in [6, 6.07) is 0. The first kappa shape index (κ1) is 50.9. The molecule has 0 saturated heterocycles. The van der Waals surface area contributed by atoms with Gasteiger partial charge >= 0.3 is 17.9 Å². The third-order valence-electron chi connectivity index (χ3n) is 9.91. The van der Waals surface area contributed by atoms with E-state index < -0.39 is 6.10 Å². The Balaban J connectivity index is 4.33. The predicted octanol–water partition coefficient (Wildman–Crippen LogP) is 14.4. The minimum absolute atomic E-state index is 0.0748. The Morgan fingerprint density at radius 3 is 1.02 bits per heavy atom. The molecule has 0 N–H and O–H groups in total. The SMILES string of the molecule is CCC/C=C\CCCCCCCC(=O)OC(COC(=O)CCCCCCC/C=C\CCCCCCCC)COC(=O)CCCCCCCCCCCC. The summed E-state index contributed by atoms with van der Waals surface area (Å²) in [4.78, 5) is 37.6. The van der Waals surface area contributed by atoms with Gasteiger partial charge in [-0.15, -0.1) is 0 Å². The van der Waals surface area contributed by atoms with Crippen LogP contribution in [0.15, 0.2) is 24.3 Å². The van der Waals surface area contributed by atoms with E-state index in [0.717, 1.165) is 83.5 Å². The molecule has 0 fully saturated rings. The molecule has 310 valence electrons. The van der Waals surface area contributed by atoms with Crippen molar-refractivity contribution in [1.29, 1.82) is 0 Å². The summed E-state index contributed by atoms with van der Waals surface area (Å²) in [6.45, 7) is 6.54. The summed E-state index contributed by atoms with van der Waals surface area (Å²) in [5, 5.41) is 0. The summed E-state index contributed by atoms with van der Waals surface area (Å²) >= 11 is 0. The Hall–Kier alpha value is -2.11. The molecule has 0 bridgehead atoms. The molecule has 6 heteroatoms. The van der Waals surface area contributed by atoms with Crippen molar-refractivity contribution in [2.75, 3.05) is 13.2 Å². The maximum Gasteiger partial charge on any atom is 0.306 e. The lowest BCUT2D eigenvalue weighted by Gasteiger charge is -2.18. The lowest BCUT2D eigenvalue weighted by atomic mass is 10.1. The Bertz CT molecular complexity index is 865. The average Bonchev–Trinajstić information content (AvgIpc) is 3.15. The van der Waals surface area contributed by atoms with Crippen LogP contribution in [0.3, 0.4) is 0 Å². The highest BCUT2D eigenvalue weighted by Crippen LogP contribution is 2.14. The standard InChI is InChI=1S/C47H86O6/c1-4-7-10-13-16-19-22-23-24-25-26-29-31-34-37-40-46(49)52-43-44(53-47(50)41-38-35-32-28-21-18-15-12-9-6-3)42-51-45(48)39-36-33-30-27-20-17-14-11-8-5-2/h12,15,23-24,44H,4-11,13-14,16-22,25-43H2,1-3H3/b15-12-,24-23-. The molecule has 0 aliphatic carbocycles. The molecular weight excluding hydrogens is 661 g/mol. The fourth-order valence-corrected chi connectivity index (χ4v) is 6.44. The van der Waals surface area contributed by atoms with Crippen LogP contribution in [0.5, 0.6) is 0 Å². The van der Waals surface area contributed by atoms with Gasteiger partial charge in [-0.1, -0.05) is 180 Å². The number of unbranched alkanes of at least 4 members (excludes halogenated alkanes) is 26. The Morgan fingerprint density at radius 1 is 0.358 bits per heavy atom. The smallest absolute Gasteiger partial charge is 0.306 e. The first-order chi connectivity index (χ1) is 26.0. The van der Waals surface area contributed by atoms with Gasteiger partial charge in [0.2, 0.25) is 0 Å². The van der Waals surface area contributed by atoms with Gasteiger partial charge in [-0.2, -0.15) is 0 Å². The number of esters is 3. The summed E-state index contributed by atoms with van der Waals surface area (Å²) < 4.78 is 16.7. The second kappa shape index (κ2) is 42.6. The van der Waals surface area contributed by atoms with E-state index in [1.165, 1.54) is 116 Å². The normalized spacial score (nSPS) is 12.1. The molecule has 6 nitrogen and oxygen atoms in total. The fraction of sp³-hybridized carbons (Fsp3) is 0.851. The number of allylic oxidation sites excluding steroid dienone is 4. The zero-order valence-electron chi connectivity index (χ0n) is 35.3. The van der Waals surface area contributed by atoms with Crippen LogP contribution in [-0.2, 0) is 28.6 Å². The topological polar surface area (TPSA) is 78.9 Å². The second-order valence-corrected chi connectivity index (χ2v) is 15.3. The van der Waals surface area contributed by atoms with Gasteiger partial charge in [0.1, 0.15) is 13.2 Å². The average molecular weight is 747 g/mol. The quantitative estimate of drug-likeness (QED) is 0.0268. The van der Waals surface area contributed by atoms with Crippen molar-refractivity contribution in [3.8, 4) is 0 Å². The molecular formula is C47H86O6. The number of carbonyl (C=O) groups excluding carboxylic acids is 3. The van der Waals surface area contributed by atoms with Crippen molar-refractivity contribution >= 4 is 17.9 Å². The lowest BCUT2D eigenvalue weighted by Crippen LogP contribution is -2.30. The molecule has 0 aliphatic rings. The van der Waals surface area contributed by atoms with Gasteiger partial charge in [0.15, 0.2) is 6.10 Å². The van der Waals surface area contributed by atoms with Crippen LogP contribution in [0.4, 0.5) is 0 Å². The third-order valence-corrected chi connectivity index (χ3v) is 9.91. The van der Waals surface area contributed by atoms with E-state index in [2.05, 4.69) is 45.1 Å². The molecule has 1 atom stereocenters. The monoisotopic (exact) mass is 747 g/mol. The van der Waals surface area contributed by atoms with Crippen molar-refractivity contribution in [3.05, 3.63) is 24.3 Å². The lowest BCUT2D eigenvalue weighted by molar-refractivity contribution is -0.167. The van der Waals surface area contributed by atoms with Crippen LogP contribution >= 0.6 is 0 Å². The molecule has 0 amide bonds. The molecule has 53 heavy (non-hydrogen) atoms. The fourth-order valence-electron chi connectivity index (χ4n) is 6.44. The maximum atomic E-state index is 12.7. The van der Waals surface area contributed by atoms with Crippen molar-refractivity contribution in [2.24, 2.45) is 0 Å². The molecule has 0 aromatic heterocycles. The van der Waals surface area contributed by atoms with E-state index in [0.29, 0.717) is 19.3 Å². The van der Waals surface area contributed by atoms with E-state index >= 15 is 0 Å². The van der Waals surface area contributed by atoms with Crippen LogP contribution in [0.2, 0.25) is 0 Å². The summed E-state index contributed by atoms with van der Waals surface area (Å²) in [5.74, 6) is -0.892. The van der Waals surface area contributed by atoms with Crippen LogP contribution < -0.4 is 0 Å². The minimum Gasteiger partial charge on any atom is -0.462 e. The van der Waals surface area contributed by atoms with Crippen LogP contribution in [-0.4, -0.2) is 37.2 Å². The van der Waals surface area contributed by atoms with E-state index in [4.69, 9.17) is 14.2 Å². The van der Waals surface area contributed by atoms with E-state index in [9.17, 15) is 14.4 Å². The number of hydrogen-bond donors (Lipinski definition) is 0. The van der Waals surface area contributed by atoms with Crippen LogP contribution in [0.1, 0.15) is 239 Å². The molecule has 0 rings (SSSR count). The molecule has 0 spiro atoms. The van der Waals surface area contributed by atoms with E-state index in [1.807, 2.05) is 0 Å².